The summed E-state index contributed by atoms with van der Waals surface area (Å²) in [5, 5.41) is 6.68. The van der Waals surface area contributed by atoms with Crippen LogP contribution >= 0.6 is 0 Å². The fourth-order valence-electron chi connectivity index (χ4n) is 2.13. The van der Waals surface area contributed by atoms with Crippen LogP contribution in [-0.4, -0.2) is 16.0 Å². The first-order chi connectivity index (χ1) is 9.58. The molecule has 0 aromatic carbocycles. The standard InChI is InChI=1S/C13H16N4O3/c1-8(15-10(18)9-3-6-19-7-9)11-16-12(17-20-11)13(14)4-2-5-13/h3,6-8H,2,4-5,14H2,1H3,(H,15,18). The Balaban J connectivity index is 1.68. The maximum Gasteiger partial charge on any atom is 0.255 e. The van der Waals surface area contributed by atoms with E-state index in [-0.39, 0.29) is 11.9 Å². The number of amides is 1. The molecule has 2 heterocycles. The van der Waals surface area contributed by atoms with Crippen molar-refractivity contribution in [2.45, 2.75) is 37.8 Å². The zero-order valence-electron chi connectivity index (χ0n) is 11.1. The smallest absolute Gasteiger partial charge is 0.255 e. The summed E-state index contributed by atoms with van der Waals surface area (Å²) >= 11 is 0. The van der Waals surface area contributed by atoms with Crippen molar-refractivity contribution in [2.75, 3.05) is 0 Å². The molecule has 1 fully saturated rings. The van der Waals surface area contributed by atoms with E-state index in [2.05, 4.69) is 15.5 Å². The summed E-state index contributed by atoms with van der Waals surface area (Å²) in [6.45, 7) is 1.78. The van der Waals surface area contributed by atoms with Crippen molar-refractivity contribution in [3.8, 4) is 0 Å². The topological polar surface area (TPSA) is 107 Å². The Morgan fingerprint density at radius 1 is 1.55 bits per heavy atom. The van der Waals surface area contributed by atoms with Gasteiger partial charge in [0.25, 0.3) is 5.91 Å². The highest BCUT2D eigenvalue weighted by molar-refractivity contribution is 5.93. The van der Waals surface area contributed by atoms with Gasteiger partial charge in [-0.1, -0.05) is 5.16 Å². The molecule has 3 N–H and O–H groups in total. The average Bonchev–Trinajstić information content (AvgIpc) is 3.06. The molecule has 3 rings (SSSR count). The first-order valence-electron chi connectivity index (χ1n) is 6.54. The van der Waals surface area contributed by atoms with Crippen LogP contribution in [0.25, 0.3) is 0 Å². The normalized spacial score (nSPS) is 18.3. The maximum absolute atomic E-state index is 11.9. The molecule has 106 valence electrons. The number of carbonyl (C=O) groups excluding carboxylic acids is 1. The highest BCUT2D eigenvalue weighted by Crippen LogP contribution is 2.37. The van der Waals surface area contributed by atoms with Crippen molar-refractivity contribution in [3.63, 3.8) is 0 Å². The van der Waals surface area contributed by atoms with Crippen molar-refractivity contribution in [1.29, 1.82) is 0 Å². The van der Waals surface area contributed by atoms with Crippen LogP contribution in [0.3, 0.4) is 0 Å². The summed E-state index contributed by atoms with van der Waals surface area (Å²) in [4.78, 5) is 16.2. The van der Waals surface area contributed by atoms with E-state index in [9.17, 15) is 4.79 Å². The summed E-state index contributed by atoms with van der Waals surface area (Å²) in [5.74, 6) is 0.619. The van der Waals surface area contributed by atoms with Gasteiger partial charge in [-0.2, -0.15) is 4.98 Å². The zero-order chi connectivity index (χ0) is 14.2. The molecule has 1 unspecified atom stereocenters. The van der Waals surface area contributed by atoms with Crippen molar-refractivity contribution in [1.82, 2.24) is 15.5 Å². The second kappa shape index (κ2) is 4.75. The molecule has 1 aliphatic rings. The van der Waals surface area contributed by atoms with Gasteiger partial charge >= 0.3 is 0 Å². The highest BCUT2D eigenvalue weighted by Gasteiger charge is 2.39. The van der Waals surface area contributed by atoms with E-state index in [0.29, 0.717) is 17.3 Å². The lowest BCUT2D eigenvalue weighted by Gasteiger charge is -2.34. The van der Waals surface area contributed by atoms with Crippen LogP contribution in [-0.2, 0) is 5.54 Å². The van der Waals surface area contributed by atoms with Crippen molar-refractivity contribution in [3.05, 3.63) is 35.9 Å². The van der Waals surface area contributed by atoms with E-state index in [1.165, 1.54) is 12.5 Å². The Hall–Kier alpha value is -2.15. The predicted octanol–water partition coefficient (Wildman–Crippen LogP) is 1.49. The Bertz CT molecular complexity index is 601. The number of nitrogens with zero attached hydrogens (tertiary/aromatic N) is 2. The Morgan fingerprint density at radius 3 is 2.95 bits per heavy atom. The van der Waals surface area contributed by atoms with Crippen LogP contribution in [0.1, 0.15) is 54.3 Å². The number of furan rings is 1. The number of nitrogens with one attached hydrogen (secondary N) is 1. The van der Waals surface area contributed by atoms with E-state index >= 15 is 0 Å². The average molecular weight is 276 g/mol. The van der Waals surface area contributed by atoms with Gasteiger partial charge in [-0.15, -0.1) is 0 Å². The minimum Gasteiger partial charge on any atom is -0.472 e. The molecule has 0 spiro atoms. The summed E-state index contributed by atoms with van der Waals surface area (Å²) < 4.78 is 10.1. The Kier molecular flexibility index (Phi) is 3.06. The molecule has 2 aromatic heterocycles. The van der Waals surface area contributed by atoms with Crippen molar-refractivity contribution in [2.24, 2.45) is 5.73 Å². The Morgan fingerprint density at radius 2 is 2.35 bits per heavy atom. The largest absolute Gasteiger partial charge is 0.472 e. The van der Waals surface area contributed by atoms with Gasteiger partial charge < -0.3 is 20.0 Å². The lowest BCUT2D eigenvalue weighted by molar-refractivity contribution is 0.0932. The van der Waals surface area contributed by atoms with Gasteiger partial charge in [-0.25, -0.2) is 0 Å². The lowest BCUT2D eigenvalue weighted by Crippen LogP contribution is -2.44. The van der Waals surface area contributed by atoms with Crippen LogP contribution in [0.15, 0.2) is 27.5 Å². The Labute approximate surface area is 115 Å². The predicted molar refractivity (Wildman–Crippen MR) is 68.6 cm³/mol. The molecule has 1 amide bonds. The molecule has 0 saturated heterocycles. The molecule has 20 heavy (non-hydrogen) atoms. The quantitative estimate of drug-likeness (QED) is 0.876. The molecule has 0 aliphatic heterocycles. The van der Waals surface area contributed by atoms with Crippen LogP contribution < -0.4 is 11.1 Å². The molecular formula is C13H16N4O3. The third-order valence-corrected chi connectivity index (χ3v) is 3.63. The number of aromatic nitrogens is 2. The van der Waals surface area contributed by atoms with Gasteiger partial charge in [-0.3, -0.25) is 4.79 Å². The summed E-state index contributed by atoms with van der Waals surface area (Å²) in [6.07, 6.45) is 5.63. The van der Waals surface area contributed by atoms with Gasteiger partial charge in [-0.05, 0) is 32.3 Å². The zero-order valence-corrected chi connectivity index (χ0v) is 11.1. The summed E-state index contributed by atoms with van der Waals surface area (Å²) in [7, 11) is 0. The molecule has 1 aliphatic carbocycles. The molecular weight excluding hydrogens is 260 g/mol. The lowest BCUT2D eigenvalue weighted by atomic mass is 9.77. The number of nitrogens with two attached hydrogens (primary N) is 1. The molecule has 0 bridgehead atoms. The highest BCUT2D eigenvalue weighted by atomic mass is 16.5. The van der Waals surface area contributed by atoms with Gasteiger partial charge in [0.15, 0.2) is 5.82 Å². The molecule has 7 heteroatoms. The summed E-state index contributed by atoms with van der Waals surface area (Å²) in [6, 6.07) is 1.20. The van der Waals surface area contributed by atoms with E-state index in [0.717, 1.165) is 19.3 Å². The van der Waals surface area contributed by atoms with Crippen molar-refractivity contribution >= 4 is 5.91 Å². The van der Waals surface area contributed by atoms with Crippen LogP contribution in [0.5, 0.6) is 0 Å². The van der Waals surface area contributed by atoms with Crippen molar-refractivity contribution < 1.29 is 13.7 Å². The van der Waals surface area contributed by atoms with Crippen LogP contribution in [0.2, 0.25) is 0 Å². The van der Waals surface area contributed by atoms with E-state index in [1.54, 1.807) is 13.0 Å². The number of carbonyl (C=O) groups is 1. The molecule has 1 saturated carbocycles. The second-order valence-electron chi connectivity index (χ2n) is 5.17. The van der Waals surface area contributed by atoms with Gasteiger partial charge in [0.1, 0.15) is 12.3 Å². The number of hydrogen-bond acceptors (Lipinski definition) is 6. The number of hydrogen-bond donors (Lipinski definition) is 2. The van der Waals surface area contributed by atoms with Gasteiger partial charge in [0.05, 0.1) is 17.4 Å². The molecule has 2 aromatic rings. The molecule has 1 atom stereocenters. The summed E-state index contributed by atoms with van der Waals surface area (Å²) in [5.41, 5.74) is 6.12. The third kappa shape index (κ3) is 2.20. The van der Waals surface area contributed by atoms with Gasteiger partial charge in [0, 0.05) is 0 Å². The minimum absolute atomic E-state index is 0.253. The first-order valence-corrected chi connectivity index (χ1v) is 6.54. The van der Waals surface area contributed by atoms with Crippen LogP contribution in [0.4, 0.5) is 0 Å². The SMILES string of the molecule is CC(NC(=O)c1ccoc1)c1nc(C2(N)CCC2)no1. The van der Waals surface area contributed by atoms with E-state index in [1.807, 2.05) is 0 Å². The number of rotatable bonds is 4. The maximum atomic E-state index is 11.9. The van der Waals surface area contributed by atoms with E-state index < -0.39 is 5.54 Å². The monoisotopic (exact) mass is 276 g/mol. The minimum atomic E-state index is -0.462. The molecule has 7 nitrogen and oxygen atoms in total. The second-order valence-corrected chi connectivity index (χ2v) is 5.17. The van der Waals surface area contributed by atoms with Gasteiger partial charge in [0.2, 0.25) is 5.89 Å². The third-order valence-electron chi connectivity index (χ3n) is 3.63. The van der Waals surface area contributed by atoms with E-state index in [4.69, 9.17) is 14.7 Å². The first kappa shape index (κ1) is 12.9. The fourth-order valence-corrected chi connectivity index (χ4v) is 2.13. The van der Waals surface area contributed by atoms with Crippen LogP contribution in [0, 0.1) is 0 Å². The molecule has 0 radical (unpaired) electrons. The fraction of sp³-hybridized carbons (Fsp3) is 0.462.